The molecule has 0 aliphatic heterocycles. The molecule has 3 rings (SSSR count). The summed E-state index contributed by atoms with van der Waals surface area (Å²) in [7, 11) is 1.49. The molecule has 2 N–H and O–H groups in total. The lowest BCUT2D eigenvalue weighted by atomic mass is 10.1. The van der Waals surface area contributed by atoms with Crippen LogP contribution in [0.25, 0.3) is 16.8 Å². The molecule has 0 unspecified atom stereocenters. The Balaban J connectivity index is 2.04. The number of nitrogen functional groups attached to an aromatic ring is 1. The van der Waals surface area contributed by atoms with Gasteiger partial charge >= 0.3 is 0 Å². The molecule has 0 saturated heterocycles. The Hall–Kier alpha value is -2.82. The van der Waals surface area contributed by atoms with Gasteiger partial charge in [-0.2, -0.15) is 5.10 Å². The minimum absolute atomic E-state index is 0.259. The molecule has 106 valence electrons. The lowest BCUT2D eigenvalue weighted by molar-refractivity contribution is 0.415. The van der Waals surface area contributed by atoms with Gasteiger partial charge in [-0.1, -0.05) is 30.3 Å². The molecule has 3 aromatic rings. The van der Waals surface area contributed by atoms with Gasteiger partial charge in [0.1, 0.15) is 11.4 Å². The van der Waals surface area contributed by atoms with Crippen molar-refractivity contribution in [1.29, 1.82) is 0 Å². The second kappa shape index (κ2) is 5.28. The van der Waals surface area contributed by atoms with Crippen molar-refractivity contribution in [2.45, 2.75) is 0 Å². The van der Waals surface area contributed by atoms with E-state index < -0.39 is 5.82 Å². The van der Waals surface area contributed by atoms with Crippen LogP contribution in [0.15, 0.2) is 54.9 Å². The van der Waals surface area contributed by atoms with Gasteiger partial charge in [0, 0.05) is 23.9 Å². The molecule has 0 radical (unpaired) electrons. The standard InChI is InChI=1S/C16H14FN3O/c1-21-16-8-15(13(17)7-14(16)18)20-10-12(9-19-20)11-5-3-2-4-6-11/h2-10H,18H2,1H3. The Kier molecular flexibility index (Phi) is 3.31. The fourth-order valence-electron chi connectivity index (χ4n) is 2.14. The maximum Gasteiger partial charge on any atom is 0.151 e. The zero-order chi connectivity index (χ0) is 14.8. The smallest absolute Gasteiger partial charge is 0.151 e. The zero-order valence-corrected chi connectivity index (χ0v) is 11.5. The second-order valence-electron chi connectivity index (χ2n) is 4.59. The zero-order valence-electron chi connectivity index (χ0n) is 11.5. The number of rotatable bonds is 3. The SMILES string of the molecule is COc1cc(-n2cc(-c3ccccc3)cn2)c(F)cc1N. The third kappa shape index (κ3) is 2.45. The minimum Gasteiger partial charge on any atom is -0.495 e. The number of methoxy groups -OCH3 is 1. The van der Waals surface area contributed by atoms with Crippen LogP contribution in [0.1, 0.15) is 0 Å². The van der Waals surface area contributed by atoms with Crippen LogP contribution in [0.2, 0.25) is 0 Å². The highest BCUT2D eigenvalue weighted by molar-refractivity contribution is 5.63. The van der Waals surface area contributed by atoms with E-state index in [4.69, 9.17) is 10.5 Å². The van der Waals surface area contributed by atoms with Gasteiger partial charge in [0.2, 0.25) is 0 Å². The van der Waals surface area contributed by atoms with Gasteiger partial charge in [-0.05, 0) is 5.56 Å². The number of hydrogen-bond acceptors (Lipinski definition) is 3. The van der Waals surface area contributed by atoms with E-state index in [1.165, 1.54) is 23.9 Å². The van der Waals surface area contributed by atoms with Gasteiger partial charge in [-0.25, -0.2) is 9.07 Å². The summed E-state index contributed by atoms with van der Waals surface area (Å²) in [5.41, 5.74) is 8.16. The quantitative estimate of drug-likeness (QED) is 0.751. The Morgan fingerprint density at radius 2 is 1.90 bits per heavy atom. The molecule has 1 heterocycles. The normalized spacial score (nSPS) is 10.6. The van der Waals surface area contributed by atoms with Crippen molar-refractivity contribution in [1.82, 2.24) is 9.78 Å². The number of nitrogens with two attached hydrogens (primary N) is 1. The molecular formula is C16H14FN3O. The summed E-state index contributed by atoms with van der Waals surface area (Å²) in [4.78, 5) is 0. The Morgan fingerprint density at radius 1 is 1.14 bits per heavy atom. The van der Waals surface area contributed by atoms with Crippen LogP contribution < -0.4 is 10.5 Å². The highest BCUT2D eigenvalue weighted by Crippen LogP contribution is 2.28. The molecule has 5 heteroatoms. The average Bonchev–Trinajstić information content (AvgIpc) is 2.98. The highest BCUT2D eigenvalue weighted by atomic mass is 19.1. The van der Waals surface area contributed by atoms with Gasteiger partial charge in [0.15, 0.2) is 5.82 Å². The van der Waals surface area contributed by atoms with Crippen LogP contribution in [0, 0.1) is 5.82 Å². The molecule has 21 heavy (non-hydrogen) atoms. The predicted octanol–water partition coefficient (Wildman–Crippen LogP) is 3.27. The molecule has 2 aromatic carbocycles. The van der Waals surface area contributed by atoms with Crippen molar-refractivity contribution >= 4 is 5.69 Å². The topological polar surface area (TPSA) is 53.1 Å². The lowest BCUT2D eigenvalue weighted by Crippen LogP contribution is -2.01. The van der Waals surface area contributed by atoms with E-state index in [2.05, 4.69) is 5.10 Å². The van der Waals surface area contributed by atoms with Crippen molar-refractivity contribution in [3.63, 3.8) is 0 Å². The molecule has 4 nitrogen and oxygen atoms in total. The van der Waals surface area contributed by atoms with Gasteiger partial charge in [0.25, 0.3) is 0 Å². The molecule has 0 aliphatic carbocycles. The first-order valence-electron chi connectivity index (χ1n) is 6.42. The molecule has 0 amide bonds. The number of aromatic nitrogens is 2. The maximum absolute atomic E-state index is 14.1. The highest BCUT2D eigenvalue weighted by Gasteiger charge is 2.12. The fourth-order valence-corrected chi connectivity index (χ4v) is 2.14. The Bertz CT molecular complexity index is 768. The fraction of sp³-hybridized carbons (Fsp3) is 0.0625. The summed E-state index contributed by atoms with van der Waals surface area (Å²) in [5.74, 6) is -0.0285. The van der Waals surface area contributed by atoms with Crippen molar-refractivity contribution in [2.24, 2.45) is 0 Å². The van der Waals surface area contributed by atoms with Crippen molar-refractivity contribution in [3.05, 3.63) is 60.7 Å². The van der Waals surface area contributed by atoms with Gasteiger partial charge < -0.3 is 10.5 Å². The number of anilines is 1. The van der Waals surface area contributed by atoms with Crippen molar-refractivity contribution < 1.29 is 9.13 Å². The molecular weight excluding hydrogens is 269 g/mol. The molecule has 0 atom stereocenters. The van der Waals surface area contributed by atoms with Crippen molar-refractivity contribution in [3.8, 4) is 22.6 Å². The van der Waals surface area contributed by atoms with Crippen LogP contribution in [0.4, 0.5) is 10.1 Å². The number of hydrogen-bond donors (Lipinski definition) is 1. The predicted molar refractivity (Wildman–Crippen MR) is 79.9 cm³/mol. The Morgan fingerprint density at radius 3 is 2.62 bits per heavy atom. The first-order valence-corrected chi connectivity index (χ1v) is 6.42. The number of benzene rings is 2. The average molecular weight is 283 g/mol. The van der Waals surface area contributed by atoms with Crippen LogP contribution in [0.5, 0.6) is 5.75 Å². The van der Waals surface area contributed by atoms with E-state index in [1.54, 1.807) is 12.4 Å². The minimum atomic E-state index is -0.448. The monoisotopic (exact) mass is 283 g/mol. The second-order valence-corrected chi connectivity index (χ2v) is 4.59. The lowest BCUT2D eigenvalue weighted by Gasteiger charge is -2.09. The van der Waals surface area contributed by atoms with E-state index in [-0.39, 0.29) is 5.69 Å². The van der Waals surface area contributed by atoms with E-state index >= 15 is 0 Å². The molecule has 0 saturated carbocycles. The van der Waals surface area contributed by atoms with Crippen LogP contribution in [-0.4, -0.2) is 16.9 Å². The first kappa shape index (κ1) is 13.2. The van der Waals surface area contributed by atoms with Gasteiger partial charge in [-0.3, -0.25) is 0 Å². The molecule has 1 aromatic heterocycles. The molecule has 0 bridgehead atoms. The largest absolute Gasteiger partial charge is 0.495 e. The number of ether oxygens (including phenoxy) is 1. The maximum atomic E-state index is 14.1. The third-order valence-electron chi connectivity index (χ3n) is 3.24. The summed E-state index contributed by atoms with van der Waals surface area (Å²) in [6, 6.07) is 12.5. The van der Waals surface area contributed by atoms with E-state index in [0.29, 0.717) is 11.4 Å². The number of nitrogens with zero attached hydrogens (tertiary/aromatic N) is 2. The summed E-state index contributed by atoms with van der Waals surface area (Å²) < 4.78 is 20.7. The molecule has 0 spiro atoms. The van der Waals surface area contributed by atoms with Gasteiger partial charge in [-0.15, -0.1) is 0 Å². The molecule has 0 aliphatic rings. The summed E-state index contributed by atoms with van der Waals surface area (Å²) in [6.45, 7) is 0. The number of halogens is 1. The van der Waals surface area contributed by atoms with E-state index in [9.17, 15) is 4.39 Å². The summed E-state index contributed by atoms with van der Waals surface area (Å²) in [5, 5.41) is 4.21. The summed E-state index contributed by atoms with van der Waals surface area (Å²) in [6.07, 6.45) is 3.46. The Labute approximate surface area is 121 Å². The van der Waals surface area contributed by atoms with Gasteiger partial charge in [0.05, 0.1) is 19.0 Å². The summed E-state index contributed by atoms with van der Waals surface area (Å²) >= 11 is 0. The molecule has 0 fully saturated rings. The first-order chi connectivity index (χ1) is 10.2. The third-order valence-corrected chi connectivity index (χ3v) is 3.24. The van der Waals surface area contributed by atoms with Crippen LogP contribution in [-0.2, 0) is 0 Å². The van der Waals surface area contributed by atoms with Crippen LogP contribution in [0.3, 0.4) is 0 Å². The van der Waals surface area contributed by atoms with E-state index in [1.807, 2.05) is 30.3 Å². The van der Waals surface area contributed by atoms with Crippen LogP contribution >= 0.6 is 0 Å². The van der Waals surface area contributed by atoms with E-state index in [0.717, 1.165) is 11.1 Å². The van der Waals surface area contributed by atoms with Crippen molar-refractivity contribution in [2.75, 3.05) is 12.8 Å².